The number of aryl methyl sites for hydroxylation is 1. The van der Waals surface area contributed by atoms with Gasteiger partial charge in [-0.05, 0) is 44.4 Å². The van der Waals surface area contributed by atoms with E-state index in [4.69, 9.17) is 5.73 Å². The highest BCUT2D eigenvalue weighted by atomic mass is 15.4. The minimum atomic E-state index is 0.667. The van der Waals surface area contributed by atoms with Gasteiger partial charge in [-0.2, -0.15) is 4.98 Å². The van der Waals surface area contributed by atoms with Crippen LogP contribution in [0.3, 0.4) is 0 Å². The molecule has 5 heteroatoms. The van der Waals surface area contributed by atoms with Crippen molar-refractivity contribution in [2.45, 2.75) is 19.8 Å². The SMILES string of the molecule is Cc1cccc2nc(N3CCC(CN)CC3)nn12. The average Bonchev–Trinajstić information content (AvgIpc) is 2.84. The molecule has 0 atom stereocenters. The number of hydrogen-bond donors (Lipinski definition) is 1. The lowest BCUT2D eigenvalue weighted by atomic mass is 9.97. The number of pyridine rings is 1. The number of nitrogens with two attached hydrogens (primary N) is 1. The lowest BCUT2D eigenvalue weighted by molar-refractivity contribution is 0.411. The molecule has 0 spiro atoms. The second-order valence-corrected chi connectivity index (χ2v) is 5.02. The molecule has 1 saturated heterocycles. The van der Waals surface area contributed by atoms with Crippen molar-refractivity contribution in [1.29, 1.82) is 0 Å². The number of anilines is 1. The molecule has 3 rings (SSSR count). The number of aromatic nitrogens is 3. The lowest BCUT2D eigenvalue weighted by Gasteiger charge is -2.30. The zero-order valence-electron chi connectivity index (χ0n) is 10.7. The molecule has 1 fully saturated rings. The predicted molar refractivity (Wildman–Crippen MR) is 71.7 cm³/mol. The van der Waals surface area contributed by atoms with Crippen LogP contribution in [0.1, 0.15) is 18.5 Å². The first-order valence-electron chi connectivity index (χ1n) is 6.55. The number of fused-ring (bicyclic) bond motifs is 1. The summed E-state index contributed by atoms with van der Waals surface area (Å²) in [6.07, 6.45) is 2.29. The maximum absolute atomic E-state index is 5.71. The van der Waals surface area contributed by atoms with Crippen LogP contribution in [0.4, 0.5) is 5.95 Å². The quantitative estimate of drug-likeness (QED) is 0.864. The van der Waals surface area contributed by atoms with Gasteiger partial charge in [-0.3, -0.25) is 0 Å². The van der Waals surface area contributed by atoms with E-state index in [1.807, 2.05) is 29.6 Å². The molecule has 1 aliphatic heterocycles. The van der Waals surface area contributed by atoms with E-state index >= 15 is 0 Å². The molecule has 0 saturated carbocycles. The standard InChI is InChI=1S/C13H19N5/c1-10-3-2-4-12-15-13(16-18(10)12)17-7-5-11(9-14)6-8-17/h2-4,11H,5-9,14H2,1H3. The Hall–Kier alpha value is -1.62. The Morgan fingerprint density at radius 3 is 2.78 bits per heavy atom. The fourth-order valence-electron chi connectivity index (χ4n) is 2.53. The van der Waals surface area contributed by atoms with Crippen molar-refractivity contribution in [2.75, 3.05) is 24.5 Å². The van der Waals surface area contributed by atoms with Gasteiger partial charge in [-0.1, -0.05) is 6.07 Å². The summed E-state index contributed by atoms with van der Waals surface area (Å²) in [6.45, 7) is 4.87. The first-order valence-corrected chi connectivity index (χ1v) is 6.55. The fourth-order valence-corrected chi connectivity index (χ4v) is 2.53. The first-order chi connectivity index (χ1) is 8.78. The maximum atomic E-state index is 5.71. The topological polar surface area (TPSA) is 59.5 Å². The third-order valence-corrected chi connectivity index (χ3v) is 3.77. The smallest absolute Gasteiger partial charge is 0.245 e. The minimum Gasteiger partial charge on any atom is -0.339 e. The first kappa shape index (κ1) is 11.5. The van der Waals surface area contributed by atoms with Gasteiger partial charge in [0.15, 0.2) is 5.65 Å². The van der Waals surface area contributed by atoms with Gasteiger partial charge in [0.05, 0.1) is 0 Å². The zero-order chi connectivity index (χ0) is 12.5. The summed E-state index contributed by atoms with van der Waals surface area (Å²) in [4.78, 5) is 6.86. The van der Waals surface area contributed by atoms with Gasteiger partial charge in [-0.25, -0.2) is 4.52 Å². The Labute approximate surface area is 107 Å². The summed E-state index contributed by atoms with van der Waals surface area (Å²) in [5.41, 5.74) is 7.75. The number of piperidine rings is 1. The van der Waals surface area contributed by atoms with E-state index in [2.05, 4.69) is 15.0 Å². The fraction of sp³-hybridized carbons (Fsp3) is 0.538. The van der Waals surface area contributed by atoms with Gasteiger partial charge in [0.2, 0.25) is 5.95 Å². The van der Waals surface area contributed by atoms with E-state index in [9.17, 15) is 0 Å². The number of nitrogens with zero attached hydrogens (tertiary/aromatic N) is 4. The third-order valence-electron chi connectivity index (χ3n) is 3.77. The van der Waals surface area contributed by atoms with Crippen LogP contribution >= 0.6 is 0 Å². The molecular formula is C13H19N5. The molecule has 0 bridgehead atoms. The summed E-state index contributed by atoms with van der Waals surface area (Å²) in [6, 6.07) is 6.06. The van der Waals surface area contributed by atoms with E-state index < -0.39 is 0 Å². The molecule has 2 N–H and O–H groups in total. The van der Waals surface area contributed by atoms with Gasteiger partial charge in [0.25, 0.3) is 0 Å². The van der Waals surface area contributed by atoms with Crippen molar-refractivity contribution in [3.63, 3.8) is 0 Å². The summed E-state index contributed by atoms with van der Waals surface area (Å²) in [7, 11) is 0. The highest BCUT2D eigenvalue weighted by molar-refractivity contribution is 5.45. The molecule has 18 heavy (non-hydrogen) atoms. The van der Waals surface area contributed by atoms with Gasteiger partial charge in [-0.15, -0.1) is 5.10 Å². The molecule has 0 unspecified atom stereocenters. The minimum absolute atomic E-state index is 0.667. The molecule has 0 aromatic carbocycles. The summed E-state index contributed by atoms with van der Waals surface area (Å²) in [5.74, 6) is 1.51. The van der Waals surface area contributed by atoms with Crippen LogP contribution in [0.15, 0.2) is 18.2 Å². The van der Waals surface area contributed by atoms with Gasteiger partial charge in [0.1, 0.15) is 0 Å². The summed E-state index contributed by atoms with van der Waals surface area (Å²) in [5, 5.41) is 4.59. The van der Waals surface area contributed by atoms with Crippen LogP contribution in [-0.2, 0) is 0 Å². The lowest BCUT2D eigenvalue weighted by Crippen LogP contribution is -2.36. The summed E-state index contributed by atoms with van der Waals surface area (Å²) < 4.78 is 1.91. The van der Waals surface area contributed by atoms with E-state index in [1.54, 1.807) is 0 Å². The van der Waals surface area contributed by atoms with Gasteiger partial charge < -0.3 is 10.6 Å². The van der Waals surface area contributed by atoms with Crippen molar-refractivity contribution in [3.8, 4) is 0 Å². The number of hydrogen-bond acceptors (Lipinski definition) is 4. The van der Waals surface area contributed by atoms with Gasteiger partial charge in [0, 0.05) is 18.8 Å². The second-order valence-electron chi connectivity index (χ2n) is 5.02. The van der Waals surface area contributed by atoms with Crippen molar-refractivity contribution in [2.24, 2.45) is 11.7 Å². The highest BCUT2D eigenvalue weighted by Crippen LogP contribution is 2.20. The van der Waals surface area contributed by atoms with Crippen LogP contribution in [0, 0.1) is 12.8 Å². The monoisotopic (exact) mass is 245 g/mol. The van der Waals surface area contributed by atoms with Crippen molar-refractivity contribution >= 4 is 11.6 Å². The van der Waals surface area contributed by atoms with E-state index in [1.165, 1.54) is 0 Å². The van der Waals surface area contributed by atoms with Crippen LogP contribution in [0.25, 0.3) is 5.65 Å². The van der Waals surface area contributed by atoms with Crippen molar-refractivity contribution < 1.29 is 0 Å². The zero-order valence-corrected chi connectivity index (χ0v) is 10.7. The predicted octanol–water partition coefficient (Wildman–Crippen LogP) is 1.21. The van der Waals surface area contributed by atoms with Crippen LogP contribution in [0.2, 0.25) is 0 Å². The maximum Gasteiger partial charge on any atom is 0.245 e. The molecule has 5 nitrogen and oxygen atoms in total. The molecule has 2 aromatic rings. The molecule has 2 aromatic heterocycles. The normalized spacial score (nSPS) is 17.6. The molecule has 0 amide bonds. The Morgan fingerprint density at radius 1 is 1.33 bits per heavy atom. The van der Waals surface area contributed by atoms with E-state index in [0.717, 1.165) is 49.8 Å². The van der Waals surface area contributed by atoms with Crippen LogP contribution < -0.4 is 10.6 Å². The number of rotatable bonds is 2. The Bertz CT molecular complexity index is 539. The van der Waals surface area contributed by atoms with Crippen molar-refractivity contribution in [3.05, 3.63) is 23.9 Å². The van der Waals surface area contributed by atoms with Crippen molar-refractivity contribution in [1.82, 2.24) is 14.6 Å². The molecule has 96 valence electrons. The third kappa shape index (κ3) is 1.95. The summed E-state index contributed by atoms with van der Waals surface area (Å²) >= 11 is 0. The molecular weight excluding hydrogens is 226 g/mol. The second kappa shape index (κ2) is 4.57. The van der Waals surface area contributed by atoms with Crippen LogP contribution in [0.5, 0.6) is 0 Å². The largest absolute Gasteiger partial charge is 0.339 e. The van der Waals surface area contributed by atoms with E-state index in [0.29, 0.717) is 5.92 Å². The molecule has 0 aliphatic carbocycles. The molecule has 3 heterocycles. The molecule has 1 aliphatic rings. The van der Waals surface area contributed by atoms with Crippen LogP contribution in [-0.4, -0.2) is 34.2 Å². The highest BCUT2D eigenvalue weighted by Gasteiger charge is 2.21. The van der Waals surface area contributed by atoms with Gasteiger partial charge >= 0.3 is 0 Å². The Morgan fingerprint density at radius 2 is 2.11 bits per heavy atom. The molecule has 0 radical (unpaired) electrons. The van der Waals surface area contributed by atoms with E-state index in [-0.39, 0.29) is 0 Å². The Kier molecular flexibility index (Phi) is 2.91. The Balaban J connectivity index is 1.85. The average molecular weight is 245 g/mol.